The SMILES string of the molecule is CC1(C)COc2cc(-c3cccnc3F)ccc2C1NC(=O)O. The molecule has 0 spiro atoms. The summed E-state index contributed by atoms with van der Waals surface area (Å²) < 4.78 is 19.6. The molecule has 0 saturated carbocycles. The van der Waals surface area contributed by atoms with Gasteiger partial charge >= 0.3 is 6.09 Å². The number of benzene rings is 1. The molecule has 120 valence electrons. The predicted octanol–water partition coefficient (Wildman–Crippen LogP) is 3.62. The number of hydrogen-bond acceptors (Lipinski definition) is 3. The molecule has 1 aliphatic heterocycles. The minimum Gasteiger partial charge on any atom is -0.493 e. The standard InChI is InChI=1S/C17H17FN2O3/c1-17(2)9-23-13-8-10(11-4-3-7-19-15(11)18)5-6-12(13)14(17)20-16(21)22/h3-8,14,20H,9H2,1-2H3,(H,21,22). The van der Waals surface area contributed by atoms with Crippen LogP contribution in [0.5, 0.6) is 5.75 Å². The zero-order valence-electron chi connectivity index (χ0n) is 12.8. The molecule has 1 aromatic heterocycles. The van der Waals surface area contributed by atoms with E-state index in [1.807, 2.05) is 13.8 Å². The van der Waals surface area contributed by atoms with E-state index in [-0.39, 0.29) is 5.41 Å². The van der Waals surface area contributed by atoms with E-state index in [1.54, 1.807) is 30.3 Å². The smallest absolute Gasteiger partial charge is 0.405 e. The Kier molecular flexibility index (Phi) is 3.67. The number of carbonyl (C=O) groups is 1. The van der Waals surface area contributed by atoms with Crippen molar-refractivity contribution in [3.05, 3.63) is 48.0 Å². The molecule has 3 rings (SSSR count). The number of carboxylic acid groups (broad SMARTS) is 1. The Morgan fingerprint density at radius 2 is 2.22 bits per heavy atom. The van der Waals surface area contributed by atoms with Crippen molar-refractivity contribution in [2.45, 2.75) is 19.9 Å². The van der Waals surface area contributed by atoms with Crippen LogP contribution < -0.4 is 10.1 Å². The van der Waals surface area contributed by atoms with Gasteiger partial charge in [-0.05, 0) is 23.8 Å². The third kappa shape index (κ3) is 2.84. The van der Waals surface area contributed by atoms with Crippen molar-refractivity contribution in [2.24, 2.45) is 5.41 Å². The quantitative estimate of drug-likeness (QED) is 0.830. The van der Waals surface area contributed by atoms with Crippen LogP contribution in [0, 0.1) is 11.4 Å². The van der Waals surface area contributed by atoms with E-state index in [2.05, 4.69) is 10.3 Å². The Labute approximate surface area is 133 Å². The van der Waals surface area contributed by atoms with Crippen molar-refractivity contribution in [1.29, 1.82) is 0 Å². The molecule has 2 heterocycles. The lowest BCUT2D eigenvalue weighted by Crippen LogP contribution is -2.43. The maximum absolute atomic E-state index is 13.8. The molecule has 0 saturated heterocycles. The zero-order valence-corrected chi connectivity index (χ0v) is 12.8. The lowest BCUT2D eigenvalue weighted by molar-refractivity contribution is 0.0996. The number of nitrogens with one attached hydrogen (secondary N) is 1. The molecule has 2 aromatic rings. The largest absolute Gasteiger partial charge is 0.493 e. The number of hydrogen-bond donors (Lipinski definition) is 2. The van der Waals surface area contributed by atoms with Gasteiger partial charge in [-0.15, -0.1) is 0 Å². The topological polar surface area (TPSA) is 71.5 Å². The molecular formula is C17H17FN2O3. The third-order valence-electron chi connectivity index (χ3n) is 4.04. The fourth-order valence-electron chi connectivity index (χ4n) is 2.83. The summed E-state index contributed by atoms with van der Waals surface area (Å²) in [5.74, 6) is 0.00706. The molecule has 0 fully saturated rings. The lowest BCUT2D eigenvalue weighted by atomic mass is 9.78. The Balaban J connectivity index is 2.04. The summed E-state index contributed by atoms with van der Waals surface area (Å²) in [6.07, 6.45) is 0.307. The molecule has 0 aliphatic carbocycles. The molecule has 1 unspecified atom stereocenters. The summed E-state index contributed by atoms with van der Waals surface area (Å²) in [7, 11) is 0. The Morgan fingerprint density at radius 3 is 2.91 bits per heavy atom. The van der Waals surface area contributed by atoms with Crippen LogP contribution in [0.25, 0.3) is 11.1 Å². The van der Waals surface area contributed by atoms with Crippen molar-refractivity contribution < 1.29 is 19.0 Å². The van der Waals surface area contributed by atoms with Gasteiger partial charge < -0.3 is 15.2 Å². The first-order valence-electron chi connectivity index (χ1n) is 7.25. The van der Waals surface area contributed by atoms with E-state index in [0.717, 1.165) is 5.56 Å². The summed E-state index contributed by atoms with van der Waals surface area (Å²) in [4.78, 5) is 14.7. The Hall–Kier alpha value is -2.63. The van der Waals surface area contributed by atoms with Crippen LogP contribution in [-0.2, 0) is 0 Å². The van der Waals surface area contributed by atoms with E-state index in [9.17, 15) is 9.18 Å². The van der Waals surface area contributed by atoms with E-state index in [1.165, 1.54) is 6.20 Å². The van der Waals surface area contributed by atoms with Gasteiger partial charge in [-0.25, -0.2) is 9.78 Å². The third-order valence-corrected chi connectivity index (χ3v) is 4.04. The van der Waals surface area contributed by atoms with Gasteiger partial charge in [0.05, 0.1) is 12.6 Å². The number of aromatic nitrogens is 1. The monoisotopic (exact) mass is 316 g/mol. The minimum absolute atomic E-state index is 0.365. The first kappa shape index (κ1) is 15.3. The van der Waals surface area contributed by atoms with Gasteiger partial charge in [-0.3, -0.25) is 0 Å². The van der Waals surface area contributed by atoms with Crippen LogP contribution in [-0.4, -0.2) is 22.8 Å². The second kappa shape index (κ2) is 5.53. The zero-order chi connectivity index (χ0) is 16.6. The maximum Gasteiger partial charge on any atom is 0.405 e. The predicted molar refractivity (Wildman–Crippen MR) is 82.8 cm³/mol. The summed E-state index contributed by atoms with van der Waals surface area (Å²) in [5, 5.41) is 11.6. The molecule has 1 atom stereocenters. The Bertz CT molecular complexity index is 761. The second-order valence-electron chi connectivity index (χ2n) is 6.25. The number of ether oxygens (including phenoxy) is 1. The van der Waals surface area contributed by atoms with Gasteiger partial charge in [0.15, 0.2) is 0 Å². The van der Waals surface area contributed by atoms with Crippen molar-refractivity contribution in [3.8, 4) is 16.9 Å². The second-order valence-corrected chi connectivity index (χ2v) is 6.25. The van der Waals surface area contributed by atoms with E-state index >= 15 is 0 Å². The van der Waals surface area contributed by atoms with Crippen LogP contribution in [0.3, 0.4) is 0 Å². The van der Waals surface area contributed by atoms with Crippen LogP contribution in [0.2, 0.25) is 0 Å². The highest BCUT2D eigenvalue weighted by atomic mass is 19.1. The Morgan fingerprint density at radius 1 is 1.43 bits per heavy atom. The molecule has 0 radical (unpaired) electrons. The highest BCUT2D eigenvalue weighted by Crippen LogP contribution is 2.44. The average molecular weight is 316 g/mol. The van der Waals surface area contributed by atoms with Crippen molar-refractivity contribution >= 4 is 6.09 Å². The maximum atomic E-state index is 13.8. The normalized spacial score (nSPS) is 18.7. The van der Waals surface area contributed by atoms with Gasteiger partial charge in [0.1, 0.15) is 5.75 Å². The molecule has 1 aromatic carbocycles. The number of nitrogens with zero attached hydrogens (tertiary/aromatic N) is 1. The van der Waals surface area contributed by atoms with Gasteiger partial charge in [0.25, 0.3) is 0 Å². The van der Waals surface area contributed by atoms with Gasteiger partial charge in [0, 0.05) is 22.7 Å². The first-order valence-corrected chi connectivity index (χ1v) is 7.25. The summed E-state index contributed by atoms with van der Waals surface area (Å²) in [6, 6.07) is 8.16. The minimum atomic E-state index is -1.08. The summed E-state index contributed by atoms with van der Waals surface area (Å²) >= 11 is 0. The van der Waals surface area contributed by atoms with Crippen molar-refractivity contribution in [2.75, 3.05) is 6.61 Å². The fourth-order valence-corrected chi connectivity index (χ4v) is 2.83. The van der Waals surface area contributed by atoms with Crippen molar-refractivity contribution in [1.82, 2.24) is 10.3 Å². The summed E-state index contributed by atoms with van der Waals surface area (Å²) in [6.45, 7) is 4.24. The summed E-state index contributed by atoms with van der Waals surface area (Å²) in [5.41, 5.74) is 1.39. The van der Waals surface area contributed by atoms with Gasteiger partial charge in [-0.2, -0.15) is 4.39 Å². The van der Waals surface area contributed by atoms with Crippen LogP contribution >= 0.6 is 0 Å². The number of pyridine rings is 1. The molecule has 6 heteroatoms. The molecule has 2 N–H and O–H groups in total. The fraction of sp³-hybridized carbons (Fsp3) is 0.294. The van der Waals surface area contributed by atoms with Crippen LogP contribution in [0.4, 0.5) is 9.18 Å². The number of fused-ring (bicyclic) bond motifs is 1. The average Bonchev–Trinajstić information content (AvgIpc) is 2.50. The molecule has 1 aliphatic rings. The molecule has 1 amide bonds. The van der Waals surface area contributed by atoms with E-state index in [4.69, 9.17) is 9.84 Å². The lowest BCUT2D eigenvalue weighted by Gasteiger charge is -2.39. The molecule has 0 bridgehead atoms. The molecular weight excluding hydrogens is 299 g/mol. The van der Waals surface area contributed by atoms with Crippen molar-refractivity contribution in [3.63, 3.8) is 0 Å². The number of halogens is 1. The molecule has 5 nitrogen and oxygen atoms in total. The number of rotatable bonds is 2. The van der Waals surface area contributed by atoms with E-state index < -0.39 is 18.1 Å². The van der Waals surface area contributed by atoms with Crippen LogP contribution in [0.15, 0.2) is 36.5 Å². The van der Waals surface area contributed by atoms with E-state index in [0.29, 0.717) is 23.5 Å². The highest BCUT2D eigenvalue weighted by molar-refractivity contribution is 5.68. The van der Waals surface area contributed by atoms with Crippen LogP contribution in [0.1, 0.15) is 25.5 Å². The first-order chi connectivity index (χ1) is 10.9. The van der Waals surface area contributed by atoms with Gasteiger partial charge in [0.2, 0.25) is 5.95 Å². The number of amides is 1. The molecule has 23 heavy (non-hydrogen) atoms. The van der Waals surface area contributed by atoms with Gasteiger partial charge in [-0.1, -0.05) is 26.0 Å². The highest BCUT2D eigenvalue weighted by Gasteiger charge is 2.38.